The van der Waals surface area contributed by atoms with Gasteiger partial charge in [-0.3, -0.25) is 4.90 Å². The number of aromatic nitrogens is 3. The predicted octanol–water partition coefficient (Wildman–Crippen LogP) is 1.87. The molecule has 0 atom stereocenters. The third kappa shape index (κ3) is 3.74. The fourth-order valence-electron chi connectivity index (χ4n) is 3.19. The molecule has 2 aliphatic rings. The normalized spacial score (nSPS) is 19.3. The third-order valence-electron chi connectivity index (χ3n) is 4.51. The molecule has 3 heterocycles. The van der Waals surface area contributed by atoms with Crippen LogP contribution in [0.15, 0.2) is 0 Å². The maximum Gasteiger partial charge on any atom is 0.409 e. The minimum absolute atomic E-state index is 0.211. The Balaban J connectivity index is 1.59. The van der Waals surface area contributed by atoms with Crippen molar-refractivity contribution in [3.8, 4) is 0 Å². The van der Waals surface area contributed by atoms with E-state index in [4.69, 9.17) is 22.1 Å². The van der Waals surface area contributed by atoms with Crippen LogP contribution in [0, 0.1) is 4.77 Å². The molecule has 8 heteroatoms. The van der Waals surface area contributed by atoms with Crippen molar-refractivity contribution in [1.82, 2.24) is 24.1 Å². The summed E-state index contributed by atoms with van der Waals surface area (Å²) in [6, 6.07) is 0. The van der Waals surface area contributed by atoms with Crippen LogP contribution in [-0.4, -0.2) is 63.0 Å². The highest BCUT2D eigenvalue weighted by atomic mass is 32.1. The first kappa shape index (κ1) is 16.4. The average molecular weight is 339 g/mol. The number of ether oxygens (including phenoxy) is 1. The largest absolute Gasteiger partial charge is 0.450 e. The first-order valence-corrected chi connectivity index (χ1v) is 8.90. The van der Waals surface area contributed by atoms with Crippen molar-refractivity contribution in [2.45, 2.75) is 45.8 Å². The number of hydrogen-bond acceptors (Lipinski definition) is 5. The highest BCUT2D eigenvalue weighted by Gasteiger charge is 2.23. The summed E-state index contributed by atoms with van der Waals surface area (Å²) < 4.78 is 10.0. The fraction of sp³-hybridized carbons (Fsp3) is 0.800. The quantitative estimate of drug-likeness (QED) is 0.787. The molecule has 23 heavy (non-hydrogen) atoms. The van der Waals surface area contributed by atoms with E-state index in [9.17, 15) is 4.79 Å². The molecule has 128 valence electrons. The molecular formula is C15H25N5O2S. The summed E-state index contributed by atoms with van der Waals surface area (Å²) in [5, 5.41) is 4.72. The molecule has 0 N–H and O–H groups in total. The summed E-state index contributed by atoms with van der Waals surface area (Å²) in [4.78, 5) is 15.8. The van der Waals surface area contributed by atoms with E-state index in [-0.39, 0.29) is 6.09 Å². The lowest BCUT2D eigenvalue weighted by Crippen LogP contribution is -2.49. The molecule has 0 radical (unpaired) electrons. The van der Waals surface area contributed by atoms with Crippen LogP contribution in [0.25, 0.3) is 0 Å². The van der Waals surface area contributed by atoms with Crippen LogP contribution < -0.4 is 0 Å². The van der Waals surface area contributed by atoms with Crippen molar-refractivity contribution < 1.29 is 9.53 Å². The van der Waals surface area contributed by atoms with Crippen molar-refractivity contribution in [1.29, 1.82) is 0 Å². The number of carbonyl (C=O) groups is 1. The van der Waals surface area contributed by atoms with Gasteiger partial charge in [0.2, 0.25) is 0 Å². The molecule has 0 spiro atoms. The maximum absolute atomic E-state index is 11.7. The molecular weight excluding hydrogens is 314 g/mol. The Morgan fingerprint density at radius 2 is 1.96 bits per heavy atom. The van der Waals surface area contributed by atoms with Crippen LogP contribution in [0.4, 0.5) is 4.79 Å². The monoisotopic (exact) mass is 339 g/mol. The molecule has 1 aromatic rings. The Morgan fingerprint density at radius 1 is 1.17 bits per heavy atom. The standard InChI is InChI=1S/C15H25N5O2S/c1-2-22-15(21)18-10-8-17(9-11-18)12-20-14(23)19-7-5-3-4-6-13(19)16-20/h2-12H2,1H3. The third-order valence-corrected chi connectivity index (χ3v) is 4.94. The van der Waals surface area contributed by atoms with Gasteiger partial charge < -0.3 is 14.2 Å². The van der Waals surface area contributed by atoms with Gasteiger partial charge in [0.25, 0.3) is 0 Å². The molecule has 0 saturated carbocycles. The van der Waals surface area contributed by atoms with Gasteiger partial charge in [0, 0.05) is 39.1 Å². The molecule has 2 aliphatic heterocycles. The van der Waals surface area contributed by atoms with Gasteiger partial charge in [0.05, 0.1) is 13.3 Å². The molecule has 1 amide bonds. The van der Waals surface area contributed by atoms with Gasteiger partial charge in [-0.15, -0.1) is 0 Å². The number of carbonyl (C=O) groups excluding carboxylic acids is 1. The van der Waals surface area contributed by atoms with E-state index >= 15 is 0 Å². The van der Waals surface area contributed by atoms with Gasteiger partial charge in [-0.1, -0.05) is 6.42 Å². The first-order valence-electron chi connectivity index (χ1n) is 8.49. The number of aryl methyl sites for hydroxylation is 1. The Hall–Kier alpha value is -1.41. The lowest BCUT2D eigenvalue weighted by atomic mass is 10.2. The SMILES string of the molecule is CCOC(=O)N1CCN(Cn2nc3n(c2=S)CCCCC3)CC1. The van der Waals surface area contributed by atoms with Crippen LogP contribution in [0.5, 0.6) is 0 Å². The van der Waals surface area contributed by atoms with E-state index < -0.39 is 0 Å². The maximum atomic E-state index is 11.7. The topological polar surface area (TPSA) is 55.5 Å². The number of hydrogen-bond donors (Lipinski definition) is 0. The lowest BCUT2D eigenvalue weighted by Gasteiger charge is -2.33. The number of piperazine rings is 1. The number of rotatable bonds is 3. The zero-order valence-electron chi connectivity index (χ0n) is 13.7. The summed E-state index contributed by atoms with van der Waals surface area (Å²) >= 11 is 5.59. The van der Waals surface area contributed by atoms with Crippen molar-refractivity contribution in [2.24, 2.45) is 0 Å². The number of fused-ring (bicyclic) bond motifs is 1. The number of nitrogens with zero attached hydrogens (tertiary/aromatic N) is 5. The summed E-state index contributed by atoms with van der Waals surface area (Å²) in [5.74, 6) is 1.12. The van der Waals surface area contributed by atoms with Crippen LogP contribution >= 0.6 is 12.2 Å². The molecule has 0 bridgehead atoms. The predicted molar refractivity (Wildman–Crippen MR) is 88.8 cm³/mol. The molecule has 1 fully saturated rings. The second-order valence-electron chi connectivity index (χ2n) is 6.11. The number of amides is 1. The Morgan fingerprint density at radius 3 is 2.70 bits per heavy atom. The summed E-state index contributed by atoms with van der Waals surface area (Å²) in [6.45, 7) is 6.98. The Kier molecular flexibility index (Phi) is 5.32. The second kappa shape index (κ2) is 7.44. The smallest absolute Gasteiger partial charge is 0.409 e. The molecule has 1 aromatic heterocycles. The van der Waals surface area contributed by atoms with E-state index in [0.717, 1.165) is 36.7 Å². The highest BCUT2D eigenvalue weighted by molar-refractivity contribution is 7.71. The summed E-state index contributed by atoms with van der Waals surface area (Å²) in [7, 11) is 0. The van der Waals surface area contributed by atoms with Crippen molar-refractivity contribution in [3.63, 3.8) is 0 Å². The molecule has 0 aromatic carbocycles. The van der Waals surface area contributed by atoms with Gasteiger partial charge in [-0.05, 0) is 32.0 Å². The zero-order chi connectivity index (χ0) is 16.2. The van der Waals surface area contributed by atoms with Gasteiger partial charge in [0.15, 0.2) is 4.77 Å². The summed E-state index contributed by atoms with van der Waals surface area (Å²) in [5.41, 5.74) is 0. The molecule has 7 nitrogen and oxygen atoms in total. The van der Waals surface area contributed by atoms with Gasteiger partial charge in [-0.25, -0.2) is 9.48 Å². The minimum Gasteiger partial charge on any atom is -0.450 e. The van der Waals surface area contributed by atoms with E-state index in [1.807, 2.05) is 11.6 Å². The molecule has 0 aliphatic carbocycles. The summed E-state index contributed by atoms with van der Waals surface area (Å²) in [6.07, 6.45) is 4.45. The lowest BCUT2D eigenvalue weighted by molar-refractivity contribution is 0.0690. The van der Waals surface area contributed by atoms with Gasteiger partial charge >= 0.3 is 6.09 Å². The van der Waals surface area contributed by atoms with Crippen LogP contribution in [0.2, 0.25) is 0 Å². The second-order valence-corrected chi connectivity index (χ2v) is 6.47. The minimum atomic E-state index is -0.211. The molecule has 3 rings (SSSR count). The van der Waals surface area contributed by atoms with Crippen LogP contribution in [0.1, 0.15) is 32.0 Å². The van der Waals surface area contributed by atoms with E-state index in [0.29, 0.717) is 26.4 Å². The highest BCUT2D eigenvalue weighted by Crippen LogP contribution is 2.15. The Bertz CT molecular complexity index is 603. The van der Waals surface area contributed by atoms with Gasteiger partial charge in [-0.2, -0.15) is 5.10 Å². The van der Waals surface area contributed by atoms with E-state index in [2.05, 4.69) is 9.47 Å². The Labute approximate surface area is 141 Å². The van der Waals surface area contributed by atoms with Gasteiger partial charge in [0.1, 0.15) is 5.82 Å². The van der Waals surface area contributed by atoms with E-state index in [1.165, 1.54) is 19.3 Å². The van der Waals surface area contributed by atoms with Crippen molar-refractivity contribution in [2.75, 3.05) is 32.8 Å². The van der Waals surface area contributed by atoms with Crippen LogP contribution in [0.3, 0.4) is 0 Å². The van der Waals surface area contributed by atoms with Crippen molar-refractivity contribution >= 4 is 18.3 Å². The fourth-order valence-corrected chi connectivity index (χ4v) is 3.49. The van der Waals surface area contributed by atoms with E-state index in [1.54, 1.807) is 4.90 Å². The van der Waals surface area contributed by atoms with Crippen LogP contribution in [-0.2, 0) is 24.4 Å². The van der Waals surface area contributed by atoms with Crippen molar-refractivity contribution in [3.05, 3.63) is 10.6 Å². The average Bonchev–Trinajstić information content (AvgIpc) is 2.73. The zero-order valence-corrected chi connectivity index (χ0v) is 14.6. The first-order chi connectivity index (χ1) is 11.2. The molecule has 0 unspecified atom stereocenters. The molecule has 1 saturated heterocycles.